The number of sulfone groups is 1. The molecule has 5 nitrogen and oxygen atoms in total. The SMILES string of the molecule is CC(=O)Nc1cc(S(C)(=O)=O)ccc1Nc1ccccc1. The van der Waals surface area contributed by atoms with Crippen LogP contribution in [0.3, 0.4) is 0 Å². The van der Waals surface area contributed by atoms with Crippen LogP contribution in [0.1, 0.15) is 6.92 Å². The van der Waals surface area contributed by atoms with E-state index in [1.165, 1.54) is 19.1 Å². The van der Waals surface area contributed by atoms with E-state index in [-0.39, 0.29) is 10.8 Å². The highest BCUT2D eigenvalue weighted by molar-refractivity contribution is 7.90. The van der Waals surface area contributed by atoms with Crippen molar-refractivity contribution in [3.63, 3.8) is 0 Å². The van der Waals surface area contributed by atoms with Crippen molar-refractivity contribution in [1.29, 1.82) is 0 Å². The minimum Gasteiger partial charge on any atom is -0.354 e. The number of hydrogen-bond donors (Lipinski definition) is 2. The van der Waals surface area contributed by atoms with Gasteiger partial charge in [0.2, 0.25) is 5.91 Å². The molecule has 1 amide bonds. The first-order valence-corrected chi connectivity index (χ1v) is 8.19. The molecule has 0 aliphatic carbocycles. The number of hydrogen-bond acceptors (Lipinski definition) is 4. The zero-order valence-corrected chi connectivity index (χ0v) is 12.6. The molecule has 0 saturated heterocycles. The normalized spacial score (nSPS) is 11.0. The summed E-state index contributed by atoms with van der Waals surface area (Å²) in [5.74, 6) is -0.267. The van der Waals surface area contributed by atoms with E-state index in [4.69, 9.17) is 0 Å². The van der Waals surface area contributed by atoms with E-state index < -0.39 is 9.84 Å². The third-order valence-electron chi connectivity index (χ3n) is 2.78. The van der Waals surface area contributed by atoms with Crippen molar-refractivity contribution >= 4 is 32.8 Å². The maximum Gasteiger partial charge on any atom is 0.221 e. The third-order valence-corrected chi connectivity index (χ3v) is 3.89. The van der Waals surface area contributed by atoms with Gasteiger partial charge in [0.1, 0.15) is 0 Å². The number of amides is 1. The summed E-state index contributed by atoms with van der Waals surface area (Å²) in [4.78, 5) is 11.4. The van der Waals surface area contributed by atoms with Gasteiger partial charge in [0.25, 0.3) is 0 Å². The van der Waals surface area contributed by atoms with Gasteiger partial charge in [0.05, 0.1) is 16.3 Å². The molecule has 2 aromatic rings. The largest absolute Gasteiger partial charge is 0.354 e. The maximum atomic E-state index is 11.6. The Balaban J connectivity index is 2.42. The zero-order valence-electron chi connectivity index (χ0n) is 11.8. The lowest BCUT2D eigenvalue weighted by atomic mass is 10.2. The molecule has 0 heterocycles. The molecule has 0 unspecified atom stereocenters. The summed E-state index contributed by atoms with van der Waals surface area (Å²) in [7, 11) is -3.33. The Hall–Kier alpha value is -2.34. The van der Waals surface area contributed by atoms with Crippen LogP contribution in [-0.4, -0.2) is 20.6 Å². The number of nitrogens with one attached hydrogen (secondary N) is 2. The Morgan fingerprint density at radius 2 is 1.67 bits per heavy atom. The lowest BCUT2D eigenvalue weighted by molar-refractivity contribution is -0.114. The average molecular weight is 304 g/mol. The number of para-hydroxylation sites is 1. The summed E-state index contributed by atoms with van der Waals surface area (Å²) < 4.78 is 23.2. The molecule has 2 rings (SSSR count). The zero-order chi connectivity index (χ0) is 15.5. The van der Waals surface area contributed by atoms with Gasteiger partial charge in [-0.25, -0.2) is 8.42 Å². The van der Waals surface area contributed by atoms with Gasteiger partial charge < -0.3 is 10.6 Å². The van der Waals surface area contributed by atoms with Crippen molar-refractivity contribution in [2.24, 2.45) is 0 Å². The fourth-order valence-corrected chi connectivity index (χ4v) is 2.48. The molecular weight excluding hydrogens is 288 g/mol. The van der Waals surface area contributed by atoms with Gasteiger partial charge in [-0.3, -0.25) is 4.79 Å². The first kappa shape index (κ1) is 15.1. The van der Waals surface area contributed by atoms with Crippen LogP contribution < -0.4 is 10.6 Å². The summed E-state index contributed by atoms with van der Waals surface area (Å²) in [6.45, 7) is 1.37. The molecule has 0 spiro atoms. The van der Waals surface area contributed by atoms with E-state index >= 15 is 0 Å². The molecular formula is C15H16N2O3S. The molecule has 0 fully saturated rings. The summed E-state index contributed by atoms with van der Waals surface area (Å²) >= 11 is 0. The van der Waals surface area contributed by atoms with E-state index in [0.29, 0.717) is 11.4 Å². The van der Waals surface area contributed by atoms with Crippen LogP contribution in [0.15, 0.2) is 53.4 Å². The predicted molar refractivity (Wildman–Crippen MR) is 83.6 cm³/mol. The highest BCUT2D eigenvalue weighted by Gasteiger charge is 2.12. The van der Waals surface area contributed by atoms with E-state index in [9.17, 15) is 13.2 Å². The Morgan fingerprint density at radius 1 is 1.00 bits per heavy atom. The van der Waals surface area contributed by atoms with E-state index in [2.05, 4.69) is 10.6 Å². The first-order chi connectivity index (χ1) is 9.86. The Labute approximate surface area is 123 Å². The molecule has 2 N–H and O–H groups in total. The minimum absolute atomic E-state index is 0.157. The molecule has 110 valence electrons. The second-order valence-electron chi connectivity index (χ2n) is 4.65. The quantitative estimate of drug-likeness (QED) is 0.910. The number of carbonyl (C=O) groups excluding carboxylic acids is 1. The second-order valence-corrected chi connectivity index (χ2v) is 6.67. The van der Waals surface area contributed by atoms with Crippen LogP contribution in [-0.2, 0) is 14.6 Å². The fourth-order valence-electron chi connectivity index (χ4n) is 1.83. The van der Waals surface area contributed by atoms with Gasteiger partial charge in [0.15, 0.2) is 9.84 Å². The van der Waals surface area contributed by atoms with Crippen molar-refractivity contribution in [1.82, 2.24) is 0 Å². The molecule has 2 aromatic carbocycles. The maximum absolute atomic E-state index is 11.6. The van der Waals surface area contributed by atoms with Gasteiger partial charge in [-0.1, -0.05) is 18.2 Å². The van der Waals surface area contributed by atoms with Crippen molar-refractivity contribution in [2.75, 3.05) is 16.9 Å². The lowest BCUT2D eigenvalue weighted by Crippen LogP contribution is -2.09. The third kappa shape index (κ3) is 4.06. The van der Waals surface area contributed by atoms with Gasteiger partial charge in [-0.15, -0.1) is 0 Å². The summed E-state index contributed by atoms with van der Waals surface area (Å²) in [6, 6.07) is 14.0. The summed E-state index contributed by atoms with van der Waals surface area (Å²) in [5.41, 5.74) is 1.90. The van der Waals surface area contributed by atoms with E-state index in [0.717, 1.165) is 11.9 Å². The van der Waals surface area contributed by atoms with Crippen LogP contribution in [0.25, 0.3) is 0 Å². The van der Waals surface area contributed by atoms with Crippen LogP contribution >= 0.6 is 0 Å². The predicted octanol–water partition coefficient (Wildman–Crippen LogP) is 2.79. The van der Waals surface area contributed by atoms with Crippen LogP contribution in [0.5, 0.6) is 0 Å². The summed E-state index contributed by atoms with van der Waals surface area (Å²) in [6.07, 6.45) is 1.13. The number of benzene rings is 2. The smallest absolute Gasteiger partial charge is 0.221 e. The Kier molecular flexibility index (Phi) is 4.28. The highest BCUT2D eigenvalue weighted by atomic mass is 32.2. The lowest BCUT2D eigenvalue weighted by Gasteiger charge is -2.13. The first-order valence-electron chi connectivity index (χ1n) is 6.30. The van der Waals surface area contributed by atoms with Crippen LogP contribution in [0.2, 0.25) is 0 Å². The Morgan fingerprint density at radius 3 is 2.24 bits per heavy atom. The standard InChI is InChI=1S/C15H16N2O3S/c1-11(18)16-15-10-13(21(2,19)20)8-9-14(15)17-12-6-4-3-5-7-12/h3-10,17H,1-2H3,(H,16,18). The minimum atomic E-state index is -3.33. The molecule has 0 radical (unpaired) electrons. The number of anilines is 3. The van der Waals surface area contributed by atoms with Crippen molar-refractivity contribution in [3.8, 4) is 0 Å². The van der Waals surface area contributed by atoms with Gasteiger partial charge >= 0.3 is 0 Å². The van der Waals surface area contributed by atoms with Crippen LogP contribution in [0.4, 0.5) is 17.1 Å². The van der Waals surface area contributed by atoms with E-state index in [1.54, 1.807) is 6.07 Å². The van der Waals surface area contributed by atoms with Crippen molar-refractivity contribution in [2.45, 2.75) is 11.8 Å². The molecule has 0 aliphatic rings. The van der Waals surface area contributed by atoms with Gasteiger partial charge in [0, 0.05) is 18.9 Å². The number of rotatable bonds is 4. The fraction of sp³-hybridized carbons (Fsp3) is 0.133. The molecule has 0 atom stereocenters. The average Bonchev–Trinajstić information content (AvgIpc) is 2.40. The van der Waals surface area contributed by atoms with Gasteiger partial charge in [-0.05, 0) is 30.3 Å². The topological polar surface area (TPSA) is 75.3 Å². The second kappa shape index (κ2) is 5.97. The molecule has 0 bridgehead atoms. The summed E-state index contributed by atoms with van der Waals surface area (Å²) in [5, 5.41) is 5.79. The highest BCUT2D eigenvalue weighted by Crippen LogP contribution is 2.28. The molecule has 21 heavy (non-hydrogen) atoms. The molecule has 0 aromatic heterocycles. The van der Waals surface area contributed by atoms with Crippen molar-refractivity contribution < 1.29 is 13.2 Å². The molecule has 0 aliphatic heterocycles. The van der Waals surface area contributed by atoms with Gasteiger partial charge in [-0.2, -0.15) is 0 Å². The monoisotopic (exact) mass is 304 g/mol. The van der Waals surface area contributed by atoms with E-state index in [1.807, 2.05) is 30.3 Å². The van der Waals surface area contributed by atoms with Crippen molar-refractivity contribution in [3.05, 3.63) is 48.5 Å². The van der Waals surface area contributed by atoms with Crippen LogP contribution in [0, 0.1) is 0 Å². The number of carbonyl (C=O) groups is 1. The molecule has 6 heteroatoms. The molecule has 0 saturated carbocycles. The Bertz CT molecular complexity index is 756.